The minimum absolute atomic E-state index is 0.0663. The molecule has 0 radical (unpaired) electrons. The first-order chi connectivity index (χ1) is 12.6. The van der Waals surface area contributed by atoms with E-state index in [0.29, 0.717) is 37.4 Å². The Bertz CT molecular complexity index is 846. The molecule has 136 valence electrons. The number of amides is 1. The lowest BCUT2D eigenvalue weighted by Crippen LogP contribution is -2.32. The summed E-state index contributed by atoms with van der Waals surface area (Å²) in [6.45, 7) is 1.09. The molecule has 1 aliphatic carbocycles. The molecule has 1 aromatic carbocycles. The van der Waals surface area contributed by atoms with Gasteiger partial charge < -0.3 is 19.9 Å². The van der Waals surface area contributed by atoms with Gasteiger partial charge in [-0.3, -0.25) is 9.59 Å². The number of nitrogens with one attached hydrogen (secondary N) is 1. The summed E-state index contributed by atoms with van der Waals surface area (Å²) in [6, 6.07) is 9.42. The Kier molecular flexibility index (Phi) is 4.55. The molecule has 1 saturated carbocycles. The maximum absolute atomic E-state index is 12.5. The molecule has 2 aromatic rings. The van der Waals surface area contributed by atoms with Gasteiger partial charge >= 0.3 is 5.97 Å². The van der Waals surface area contributed by atoms with Crippen LogP contribution >= 0.6 is 11.3 Å². The molecule has 7 heteroatoms. The number of hydrogen-bond acceptors (Lipinski definition) is 5. The summed E-state index contributed by atoms with van der Waals surface area (Å²) in [4.78, 5) is 25.1. The number of thiophene rings is 1. The van der Waals surface area contributed by atoms with Crippen molar-refractivity contribution in [3.05, 3.63) is 35.2 Å². The quantitative estimate of drug-likeness (QED) is 0.860. The molecule has 0 saturated heterocycles. The summed E-state index contributed by atoms with van der Waals surface area (Å²) in [5.74, 6) is 0.188. The van der Waals surface area contributed by atoms with Crippen LogP contribution in [0, 0.1) is 5.92 Å². The van der Waals surface area contributed by atoms with E-state index >= 15 is 0 Å². The van der Waals surface area contributed by atoms with Crippen LogP contribution in [0.25, 0.3) is 10.4 Å². The van der Waals surface area contributed by atoms with Crippen LogP contribution in [0.15, 0.2) is 30.3 Å². The zero-order valence-corrected chi connectivity index (χ0v) is 14.9. The number of rotatable bonds is 4. The fraction of sp³-hybridized carbons (Fsp3) is 0.368. The summed E-state index contributed by atoms with van der Waals surface area (Å²) in [7, 11) is 0. The van der Waals surface area contributed by atoms with Crippen molar-refractivity contribution in [2.75, 3.05) is 13.2 Å². The lowest BCUT2D eigenvalue weighted by Gasteiger charge is -2.18. The van der Waals surface area contributed by atoms with E-state index in [0.717, 1.165) is 21.9 Å². The summed E-state index contributed by atoms with van der Waals surface area (Å²) >= 11 is 1.41. The van der Waals surface area contributed by atoms with E-state index in [-0.39, 0.29) is 17.9 Å². The fourth-order valence-corrected chi connectivity index (χ4v) is 4.31. The van der Waals surface area contributed by atoms with Gasteiger partial charge in [0, 0.05) is 10.9 Å². The average molecular weight is 373 g/mol. The van der Waals surface area contributed by atoms with E-state index in [1.165, 1.54) is 11.3 Å². The zero-order valence-electron chi connectivity index (χ0n) is 14.1. The highest BCUT2D eigenvalue weighted by atomic mass is 32.1. The second-order valence-corrected chi connectivity index (χ2v) is 7.62. The van der Waals surface area contributed by atoms with Crippen molar-refractivity contribution in [3.8, 4) is 21.9 Å². The van der Waals surface area contributed by atoms with Gasteiger partial charge in [-0.05, 0) is 55.2 Å². The number of fused-ring (bicyclic) bond motifs is 1. The van der Waals surface area contributed by atoms with E-state index in [2.05, 4.69) is 5.32 Å². The van der Waals surface area contributed by atoms with Crippen LogP contribution in [0.4, 0.5) is 0 Å². The first-order valence-corrected chi connectivity index (χ1v) is 9.45. The maximum atomic E-state index is 12.5. The van der Waals surface area contributed by atoms with E-state index in [1.807, 2.05) is 24.3 Å². The third-order valence-corrected chi connectivity index (χ3v) is 5.91. The van der Waals surface area contributed by atoms with Crippen molar-refractivity contribution in [2.24, 2.45) is 5.92 Å². The van der Waals surface area contributed by atoms with E-state index < -0.39 is 5.97 Å². The summed E-state index contributed by atoms with van der Waals surface area (Å²) in [5, 5.41) is 12.0. The third kappa shape index (κ3) is 3.39. The summed E-state index contributed by atoms with van der Waals surface area (Å²) < 4.78 is 11.1. The second kappa shape index (κ2) is 6.99. The van der Waals surface area contributed by atoms with Gasteiger partial charge in [0.15, 0.2) is 11.5 Å². The Balaban J connectivity index is 1.44. The number of ether oxygens (including phenoxy) is 2. The van der Waals surface area contributed by atoms with Gasteiger partial charge in [-0.15, -0.1) is 11.3 Å². The number of aliphatic carboxylic acids is 1. The van der Waals surface area contributed by atoms with Crippen molar-refractivity contribution in [3.63, 3.8) is 0 Å². The highest BCUT2D eigenvalue weighted by Crippen LogP contribution is 2.37. The first kappa shape index (κ1) is 16.9. The molecule has 1 fully saturated rings. The topological polar surface area (TPSA) is 84.9 Å². The monoisotopic (exact) mass is 373 g/mol. The smallest absolute Gasteiger partial charge is 0.306 e. The van der Waals surface area contributed by atoms with Crippen molar-refractivity contribution in [2.45, 2.75) is 25.3 Å². The summed E-state index contributed by atoms with van der Waals surface area (Å²) in [6.07, 6.45) is 1.83. The lowest BCUT2D eigenvalue weighted by molar-refractivity contribution is -0.141. The Labute approximate surface area is 154 Å². The molecular weight excluding hydrogens is 354 g/mol. The van der Waals surface area contributed by atoms with Crippen molar-refractivity contribution < 1.29 is 24.2 Å². The van der Waals surface area contributed by atoms with Crippen LogP contribution in [-0.4, -0.2) is 36.2 Å². The van der Waals surface area contributed by atoms with Gasteiger partial charge in [0.2, 0.25) is 0 Å². The fourth-order valence-electron chi connectivity index (χ4n) is 3.41. The number of carbonyl (C=O) groups excluding carboxylic acids is 1. The average Bonchev–Trinajstić information content (AvgIpc) is 3.31. The van der Waals surface area contributed by atoms with Crippen LogP contribution in [0.2, 0.25) is 0 Å². The van der Waals surface area contributed by atoms with Crippen LogP contribution in [0.1, 0.15) is 28.9 Å². The molecule has 4 rings (SSSR count). The molecule has 26 heavy (non-hydrogen) atoms. The second-order valence-electron chi connectivity index (χ2n) is 6.54. The van der Waals surface area contributed by atoms with E-state index in [4.69, 9.17) is 14.6 Å². The van der Waals surface area contributed by atoms with Gasteiger partial charge in [0.1, 0.15) is 13.2 Å². The van der Waals surface area contributed by atoms with Crippen LogP contribution in [-0.2, 0) is 4.79 Å². The number of carboxylic acid groups (broad SMARTS) is 1. The number of carboxylic acids is 1. The van der Waals surface area contributed by atoms with Crippen LogP contribution in [0.3, 0.4) is 0 Å². The van der Waals surface area contributed by atoms with Gasteiger partial charge in [-0.25, -0.2) is 0 Å². The lowest BCUT2D eigenvalue weighted by atomic mass is 10.1. The van der Waals surface area contributed by atoms with Gasteiger partial charge in [-0.1, -0.05) is 0 Å². The minimum Gasteiger partial charge on any atom is -0.486 e. The van der Waals surface area contributed by atoms with Gasteiger partial charge in [-0.2, -0.15) is 0 Å². The van der Waals surface area contributed by atoms with Crippen LogP contribution in [0.5, 0.6) is 11.5 Å². The molecule has 2 N–H and O–H groups in total. The molecule has 1 aliphatic heterocycles. The normalized spacial score (nSPS) is 21.4. The minimum atomic E-state index is -0.779. The molecule has 2 atom stereocenters. The van der Waals surface area contributed by atoms with Gasteiger partial charge in [0.05, 0.1) is 10.8 Å². The van der Waals surface area contributed by atoms with Crippen molar-refractivity contribution >= 4 is 23.2 Å². The standard InChI is InChI=1S/C19H19NO5S/c21-18(20-13-3-1-12(9-13)19(22)23)17-6-5-16(26-17)11-2-4-14-15(10-11)25-8-7-24-14/h2,4-6,10,12-13H,1,3,7-9H2,(H,20,21)(H,22,23)/t12-,13+/m0/s1. The molecular formula is C19H19NO5S. The van der Waals surface area contributed by atoms with Crippen molar-refractivity contribution in [1.82, 2.24) is 5.32 Å². The predicted octanol–water partition coefficient (Wildman–Crippen LogP) is 3.17. The molecule has 1 aromatic heterocycles. The highest BCUT2D eigenvalue weighted by molar-refractivity contribution is 7.17. The molecule has 6 nitrogen and oxygen atoms in total. The SMILES string of the molecule is O=C(N[C@@H]1CC[C@H](C(=O)O)C1)c1ccc(-c2ccc3c(c2)OCCO3)s1. The summed E-state index contributed by atoms with van der Waals surface area (Å²) in [5.41, 5.74) is 0.977. The Morgan fingerprint density at radius 2 is 1.88 bits per heavy atom. The molecule has 0 bridgehead atoms. The maximum Gasteiger partial charge on any atom is 0.306 e. The highest BCUT2D eigenvalue weighted by Gasteiger charge is 2.30. The number of benzene rings is 1. The van der Waals surface area contributed by atoms with Crippen molar-refractivity contribution in [1.29, 1.82) is 0 Å². The number of hydrogen-bond donors (Lipinski definition) is 2. The molecule has 0 unspecified atom stereocenters. The van der Waals surface area contributed by atoms with Gasteiger partial charge in [0.25, 0.3) is 5.91 Å². The van der Waals surface area contributed by atoms with E-state index in [9.17, 15) is 9.59 Å². The van der Waals surface area contributed by atoms with Crippen LogP contribution < -0.4 is 14.8 Å². The Morgan fingerprint density at radius 3 is 2.65 bits per heavy atom. The molecule has 0 spiro atoms. The Morgan fingerprint density at radius 1 is 1.08 bits per heavy atom. The van der Waals surface area contributed by atoms with E-state index in [1.54, 1.807) is 6.07 Å². The molecule has 2 aliphatic rings. The molecule has 1 amide bonds. The largest absolute Gasteiger partial charge is 0.486 e. The zero-order chi connectivity index (χ0) is 18.1. The Hall–Kier alpha value is -2.54. The predicted molar refractivity (Wildman–Crippen MR) is 97.0 cm³/mol. The third-order valence-electron chi connectivity index (χ3n) is 4.77. The first-order valence-electron chi connectivity index (χ1n) is 8.63. The molecule has 2 heterocycles. The number of carbonyl (C=O) groups is 2.